The van der Waals surface area contributed by atoms with Crippen LogP contribution in [-0.4, -0.2) is 28.2 Å². The SMILES string of the molecule is CCCC(=O)Nc1ccc(CN=C(NCC)NCc2c(C)nn(C)c2C)cc1. The van der Waals surface area contributed by atoms with Gasteiger partial charge in [-0.15, -0.1) is 0 Å². The molecular weight excluding hydrogens is 352 g/mol. The van der Waals surface area contributed by atoms with E-state index in [-0.39, 0.29) is 5.91 Å². The van der Waals surface area contributed by atoms with Gasteiger partial charge in [-0.25, -0.2) is 4.99 Å². The third kappa shape index (κ3) is 6.11. The van der Waals surface area contributed by atoms with Crippen LogP contribution in [0.1, 0.15) is 49.2 Å². The van der Waals surface area contributed by atoms with Gasteiger partial charge in [-0.2, -0.15) is 5.10 Å². The Kier molecular flexibility index (Phi) is 8.04. The van der Waals surface area contributed by atoms with Crippen LogP contribution in [0.3, 0.4) is 0 Å². The Hall–Kier alpha value is -2.83. The van der Waals surface area contributed by atoms with Crippen molar-refractivity contribution < 1.29 is 4.79 Å². The quantitative estimate of drug-likeness (QED) is 0.483. The number of nitrogens with zero attached hydrogens (tertiary/aromatic N) is 3. The Morgan fingerprint density at radius 2 is 1.86 bits per heavy atom. The summed E-state index contributed by atoms with van der Waals surface area (Å²) in [5, 5.41) is 14.0. The summed E-state index contributed by atoms with van der Waals surface area (Å²) in [4.78, 5) is 16.3. The summed E-state index contributed by atoms with van der Waals surface area (Å²) in [6.45, 7) is 10.2. The minimum absolute atomic E-state index is 0.0490. The highest BCUT2D eigenvalue weighted by molar-refractivity contribution is 5.90. The summed E-state index contributed by atoms with van der Waals surface area (Å²) < 4.78 is 1.90. The molecule has 152 valence electrons. The lowest BCUT2D eigenvalue weighted by Crippen LogP contribution is -2.37. The smallest absolute Gasteiger partial charge is 0.224 e. The fourth-order valence-electron chi connectivity index (χ4n) is 2.90. The van der Waals surface area contributed by atoms with Crippen LogP contribution in [0.15, 0.2) is 29.3 Å². The van der Waals surface area contributed by atoms with Gasteiger partial charge >= 0.3 is 0 Å². The zero-order valence-corrected chi connectivity index (χ0v) is 17.6. The van der Waals surface area contributed by atoms with E-state index >= 15 is 0 Å². The molecule has 1 heterocycles. The maximum atomic E-state index is 11.7. The molecule has 0 atom stereocenters. The molecule has 0 bridgehead atoms. The second-order valence-electron chi connectivity index (χ2n) is 6.82. The van der Waals surface area contributed by atoms with E-state index < -0.39 is 0 Å². The fraction of sp³-hybridized carbons (Fsp3) is 0.476. The highest BCUT2D eigenvalue weighted by atomic mass is 16.1. The number of rotatable bonds is 8. The first-order chi connectivity index (χ1) is 13.4. The van der Waals surface area contributed by atoms with E-state index in [0.29, 0.717) is 19.5 Å². The molecule has 1 aromatic carbocycles. The van der Waals surface area contributed by atoms with Gasteiger partial charge in [0.05, 0.1) is 12.2 Å². The normalized spacial score (nSPS) is 11.4. The van der Waals surface area contributed by atoms with E-state index in [4.69, 9.17) is 0 Å². The van der Waals surface area contributed by atoms with Crippen molar-refractivity contribution in [2.45, 2.75) is 53.6 Å². The van der Waals surface area contributed by atoms with Crippen molar-refractivity contribution in [3.8, 4) is 0 Å². The monoisotopic (exact) mass is 384 g/mol. The summed E-state index contributed by atoms with van der Waals surface area (Å²) in [7, 11) is 1.96. The van der Waals surface area contributed by atoms with Crippen molar-refractivity contribution in [2.24, 2.45) is 12.0 Å². The van der Waals surface area contributed by atoms with E-state index in [2.05, 4.69) is 33.0 Å². The van der Waals surface area contributed by atoms with E-state index in [1.165, 1.54) is 5.56 Å². The number of hydrogen-bond donors (Lipinski definition) is 3. The van der Waals surface area contributed by atoms with Crippen molar-refractivity contribution in [3.05, 3.63) is 46.8 Å². The highest BCUT2D eigenvalue weighted by Crippen LogP contribution is 2.12. The number of hydrogen-bond acceptors (Lipinski definition) is 3. The first-order valence-corrected chi connectivity index (χ1v) is 9.84. The number of carbonyl (C=O) groups excluding carboxylic acids is 1. The fourth-order valence-corrected chi connectivity index (χ4v) is 2.90. The number of aliphatic imine (C=N–C) groups is 1. The number of amides is 1. The van der Waals surface area contributed by atoms with Crippen LogP contribution in [0.25, 0.3) is 0 Å². The molecule has 2 aromatic rings. The van der Waals surface area contributed by atoms with Crippen LogP contribution in [0.5, 0.6) is 0 Å². The van der Waals surface area contributed by atoms with Crippen molar-refractivity contribution in [2.75, 3.05) is 11.9 Å². The van der Waals surface area contributed by atoms with E-state index in [0.717, 1.165) is 41.6 Å². The predicted molar refractivity (Wildman–Crippen MR) is 114 cm³/mol. The first kappa shape index (κ1) is 21.5. The molecule has 0 aliphatic carbocycles. The molecule has 2 rings (SSSR count). The topological polar surface area (TPSA) is 83.3 Å². The number of aryl methyl sites for hydroxylation is 2. The molecule has 7 nitrogen and oxygen atoms in total. The second-order valence-corrected chi connectivity index (χ2v) is 6.82. The Morgan fingerprint density at radius 1 is 1.14 bits per heavy atom. The highest BCUT2D eigenvalue weighted by Gasteiger charge is 2.09. The summed E-state index contributed by atoms with van der Waals surface area (Å²) in [6.07, 6.45) is 1.39. The molecule has 0 aliphatic heterocycles. The molecule has 1 amide bonds. The molecule has 0 saturated carbocycles. The Labute approximate surface area is 167 Å². The molecule has 3 N–H and O–H groups in total. The number of benzene rings is 1. The van der Waals surface area contributed by atoms with Gasteiger partial charge < -0.3 is 16.0 Å². The van der Waals surface area contributed by atoms with Gasteiger partial charge in [-0.1, -0.05) is 19.1 Å². The van der Waals surface area contributed by atoms with Gasteiger partial charge in [0.25, 0.3) is 0 Å². The van der Waals surface area contributed by atoms with Gasteiger partial charge in [0.2, 0.25) is 5.91 Å². The minimum atomic E-state index is 0.0490. The zero-order chi connectivity index (χ0) is 20.5. The molecule has 0 fully saturated rings. The van der Waals surface area contributed by atoms with Gasteiger partial charge in [0.15, 0.2) is 5.96 Å². The maximum absolute atomic E-state index is 11.7. The van der Waals surface area contributed by atoms with Crippen molar-refractivity contribution in [1.29, 1.82) is 0 Å². The third-order valence-electron chi connectivity index (χ3n) is 4.57. The van der Waals surface area contributed by atoms with E-state index in [9.17, 15) is 4.79 Å². The Morgan fingerprint density at radius 3 is 2.43 bits per heavy atom. The van der Waals surface area contributed by atoms with E-state index in [1.807, 2.05) is 56.8 Å². The summed E-state index contributed by atoms with van der Waals surface area (Å²) in [5.41, 5.74) is 5.28. The number of guanidine groups is 1. The number of aromatic nitrogens is 2. The number of nitrogens with one attached hydrogen (secondary N) is 3. The van der Waals surface area contributed by atoms with Gasteiger partial charge in [0.1, 0.15) is 0 Å². The van der Waals surface area contributed by atoms with Crippen LogP contribution in [-0.2, 0) is 24.9 Å². The van der Waals surface area contributed by atoms with Crippen LogP contribution in [0.2, 0.25) is 0 Å². The molecule has 0 radical (unpaired) electrons. The van der Waals surface area contributed by atoms with Gasteiger partial charge in [-0.3, -0.25) is 9.48 Å². The average molecular weight is 385 g/mol. The van der Waals surface area contributed by atoms with Gasteiger partial charge in [-0.05, 0) is 44.9 Å². The molecular formula is C21H32N6O. The van der Waals surface area contributed by atoms with Crippen molar-refractivity contribution in [1.82, 2.24) is 20.4 Å². The lowest BCUT2D eigenvalue weighted by atomic mass is 10.2. The van der Waals surface area contributed by atoms with Crippen molar-refractivity contribution in [3.63, 3.8) is 0 Å². The molecule has 1 aromatic heterocycles. The molecule has 0 unspecified atom stereocenters. The first-order valence-electron chi connectivity index (χ1n) is 9.84. The lowest BCUT2D eigenvalue weighted by molar-refractivity contribution is -0.116. The Bertz CT molecular complexity index is 807. The number of anilines is 1. The van der Waals surface area contributed by atoms with E-state index in [1.54, 1.807) is 0 Å². The average Bonchev–Trinajstić information content (AvgIpc) is 2.91. The zero-order valence-electron chi connectivity index (χ0n) is 17.6. The Balaban J connectivity index is 1.97. The molecule has 7 heteroatoms. The third-order valence-corrected chi connectivity index (χ3v) is 4.57. The second kappa shape index (κ2) is 10.5. The largest absolute Gasteiger partial charge is 0.357 e. The summed E-state index contributed by atoms with van der Waals surface area (Å²) in [6, 6.07) is 7.82. The summed E-state index contributed by atoms with van der Waals surface area (Å²) >= 11 is 0. The number of carbonyl (C=O) groups is 1. The van der Waals surface area contributed by atoms with Crippen LogP contribution < -0.4 is 16.0 Å². The standard InChI is InChI=1S/C21H32N6O/c1-6-8-20(28)25-18-11-9-17(10-12-18)13-23-21(22-7-2)24-14-19-15(3)26-27(5)16(19)4/h9-12H,6-8,13-14H2,1-5H3,(H,25,28)(H2,22,23,24). The molecule has 0 spiro atoms. The predicted octanol–water partition coefficient (Wildman–Crippen LogP) is 3.03. The molecule has 0 aliphatic rings. The maximum Gasteiger partial charge on any atom is 0.224 e. The molecule has 28 heavy (non-hydrogen) atoms. The lowest BCUT2D eigenvalue weighted by Gasteiger charge is -2.12. The van der Waals surface area contributed by atoms with Crippen LogP contribution >= 0.6 is 0 Å². The van der Waals surface area contributed by atoms with Crippen LogP contribution in [0, 0.1) is 13.8 Å². The van der Waals surface area contributed by atoms with Crippen molar-refractivity contribution >= 4 is 17.6 Å². The van der Waals surface area contributed by atoms with Gasteiger partial charge in [0, 0.05) is 43.5 Å². The minimum Gasteiger partial charge on any atom is -0.357 e. The molecule has 0 saturated heterocycles. The van der Waals surface area contributed by atoms with Crippen LogP contribution in [0.4, 0.5) is 5.69 Å². The summed E-state index contributed by atoms with van der Waals surface area (Å²) in [5.74, 6) is 0.818.